The van der Waals surface area contributed by atoms with Gasteiger partial charge in [-0.2, -0.15) is 0 Å². The fraction of sp³-hybridized carbons (Fsp3) is 0.600. The summed E-state index contributed by atoms with van der Waals surface area (Å²) in [4.78, 5) is 6.63. The third-order valence-corrected chi connectivity index (χ3v) is 2.65. The number of hydrogen-bond acceptors (Lipinski definition) is 3. The summed E-state index contributed by atoms with van der Waals surface area (Å²) in [6, 6.07) is 2.04. The largest absolute Gasteiger partial charge is 0.309 e. The summed E-state index contributed by atoms with van der Waals surface area (Å²) in [6.07, 6.45) is 3.97. The molecule has 0 N–H and O–H groups in total. The smallest absolute Gasteiger partial charge is 0.303 e. The number of hydrogen-bond donors (Lipinski definition) is 0. The molecule has 0 radical (unpaired) electrons. The molecule has 2 heterocycles. The van der Waals surface area contributed by atoms with Gasteiger partial charge in [-0.3, -0.25) is 0 Å². The SMILES string of the molecule is Cc1cc[n+](N2CCN(C)CC2)cn1. The van der Waals surface area contributed by atoms with Gasteiger partial charge in [-0.1, -0.05) is 4.98 Å². The Bertz CT molecular complexity index is 287. The lowest BCUT2D eigenvalue weighted by atomic mass is 10.4. The van der Waals surface area contributed by atoms with E-state index >= 15 is 0 Å². The molecular weight excluding hydrogens is 176 g/mol. The fourth-order valence-corrected chi connectivity index (χ4v) is 1.61. The molecular formula is C10H17N4+. The molecule has 14 heavy (non-hydrogen) atoms. The number of rotatable bonds is 1. The molecule has 0 atom stereocenters. The second kappa shape index (κ2) is 3.92. The summed E-state index contributed by atoms with van der Waals surface area (Å²) in [5.74, 6) is 0. The van der Waals surface area contributed by atoms with Crippen LogP contribution in [0.3, 0.4) is 0 Å². The van der Waals surface area contributed by atoms with Gasteiger partial charge in [0.1, 0.15) is 6.20 Å². The maximum absolute atomic E-state index is 4.28. The van der Waals surface area contributed by atoms with Crippen molar-refractivity contribution in [3.05, 3.63) is 24.3 Å². The molecule has 1 aliphatic rings. The predicted molar refractivity (Wildman–Crippen MR) is 54.6 cm³/mol. The molecule has 1 aromatic heterocycles. The normalized spacial score (nSPS) is 18.6. The molecule has 1 aromatic rings. The molecule has 0 saturated carbocycles. The van der Waals surface area contributed by atoms with Crippen molar-refractivity contribution in [2.75, 3.05) is 38.2 Å². The predicted octanol–water partition coefficient (Wildman–Crippen LogP) is -0.439. The van der Waals surface area contributed by atoms with Crippen LogP contribution in [0.5, 0.6) is 0 Å². The third-order valence-electron chi connectivity index (χ3n) is 2.65. The number of piperazine rings is 1. The van der Waals surface area contributed by atoms with Crippen LogP contribution < -0.4 is 9.69 Å². The summed E-state index contributed by atoms with van der Waals surface area (Å²) < 4.78 is 2.08. The summed E-state index contributed by atoms with van der Waals surface area (Å²) in [5.41, 5.74) is 1.07. The van der Waals surface area contributed by atoms with E-state index in [2.05, 4.69) is 32.8 Å². The summed E-state index contributed by atoms with van der Waals surface area (Å²) in [5, 5.41) is 2.31. The van der Waals surface area contributed by atoms with Gasteiger partial charge in [0.05, 0.1) is 13.1 Å². The highest BCUT2D eigenvalue weighted by Crippen LogP contribution is 1.93. The minimum atomic E-state index is 1.07. The zero-order chi connectivity index (χ0) is 9.97. The topological polar surface area (TPSA) is 23.2 Å². The second-order valence-electron chi connectivity index (χ2n) is 3.84. The molecule has 0 aliphatic carbocycles. The van der Waals surface area contributed by atoms with E-state index in [1.165, 1.54) is 0 Å². The van der Waals surface area contributed by atoms with Gasteiger partial charge in [-0.05, 0) is 7.05 Å². The fourth-order valence-electron chi connectivity index (χ4n) is 1.61. The van der Waals surface area contributed by atoms with Gasteiger partial charge < -0.3 is 4.90 Å². The van der Waals surface area contributed by atoms with Crippen molar-refractivity contribution < 1.29 is 4.68 Å². The molecule has 76 valence electrons. The molecule has 4 heteroatoms. The summed E-state index contributed by atoms with van der Waals surface area (Å²) in [6.45, 7) is 6.41. The molecule has 1 fully saturated rings. The molecule has 0 amide bonds. The van der Waals surface area contributed by atoms with Crippen LogP contribution >= 0.6 is 0 Å². The van der Waals surface area contributed by atoms with Crippen LogP contribution in [0.25, 0.3) is 0 Å². The van der Waals surface area contributed by atoms with Crippen LogP contribution in [0.2, 0.25) is 0 Å². The molecule has 1 aliphatic heterocycles. The molecule has 0 spiro atoms. The van der Waals surface area contributed by atoms with E-state index in [1.807, 2.05) is 19.3 Å². The Morgan fingerprint density at radius 2 is 2.00 bits per heavy atom. The Balaban J connectivity index is 2.05. The first-order chi connectivity index (χ1) is 6.75. The minimum Gasteiger partial charge on any atom is -0.303 e. The van der Waals surface area contributed by atoms with Crippen LogP contribution in [0.1, 0.15) is 5.69 Å². The first-order valence-electron chi connectivity index (χ1n) is 5.03. The average Bonchev–Trinajstić information content (AvgIpc) is 2.21. The van der Waals surface area contributed by atoms with E-state index in [9.17, 15) is 0 Å². The number of likely N-dealkylation sites (N-methyl/N-ethyl adjacent to an activating group) is 1. The zero-order valence-corrected chi connectivity index (χ0v) is 8.85. The third kappa shape index (κ3) is 2.01. The Hall–Kier alpha value is -1.16. The van der Waals surface area contributed by atoms with Gasteiger partial charge in [0.2, 0.25) is 0 Å². The van der Waals surface area contributed by atoms with Crippen LogP contribution in [0, 0.1) is 6.92 Å². The van der Waals surface area contributed by atoms with Gasteiger partial charge in [0, 0.05) is 26.1 Å². The lowest BCUT2D eigenvalue weighted by Crippen LogP contribution is -2.64. The lowest BCUT2D eigenvalue weighted by molar-refractivity contribution is -0.697. The van der Waals surface area contributed by atoms with Crippen molar-refractivity contribution in [2.24, 2.45) is 0 Å². The van der Waals surface area contributed by atoms with E-state index < -0.39 is 0 Å². The van der Waals surface area contributed by atoms with Gasteiger partial charge in [-0.25, -0.2) is 5.01 Å². The highest BCUT2D eigenvalue weighted by molar-refractivity contribution is 4.91. The van der Waals surface area contributed by atoms with Crippen LogP contribution in [0.15, 0.2) is 18.6 Å². The molecule has 4 nitrogen and oxygen atoms in total. The van der Waals surface area contributed by atoms with Crippen molar-refractivity contribution in [3.63, 3.8) is 0 Å². The zero-order valence-electron chi connectivity index (χ0n) is 8.85. The Labute approximate surface area is 84.8 Å². The van der Waals surface area contributed by atoms with Crippen LogP contribution in [-0.4, -0.2) is 43.1 Å². The highest BCUT2D eigenvalue weighted by Gasteiger charge is 2.16. The van der Waals surface area contributed by atoms with Crippen LogP contribution in [-0.2, 0) is 0 Å². The molecule has 0 unspecified atom stereocenters. The number of nitrogens with zero attached hydrogens (tertiary/aromatic N) is 4. The monoisotopic (exact) mass is 193 g/mol. The first-order valence-corrected chi connectivity index (χ1v) is 5.03. The van der Waals surface area contributed by atoms with Gasteiger partial charge in [-0.15, -0.1) is 4.68 Å². The van der Waals surface area contributed by atoms with Crippen molar-refractivity contribution in [2.45, 2.75) is 6.92 Å². The molecule has 1 saturated heterocycles. The van der Waals surface area contributed by atoms with Crippen molar-refractivity contribution in [3.8, 4) is 0 Å². The second-order valence-corrected chi connectivity index (χ2v) is 3.84. The first kappa shape index (κ1) is 9.40. The lowest BCUT2D eigenvalue weighted by Gasteiger charge is -2.30. The summed E-state index contributed by atoms with van der Waals surface area (Å²) >= 11 is 0. The van der Waals surface area contributed by atoms with E-state index in [1.54, 1.807) is 0 Å². The van der Waals surface area contributed by atoms with Gasteiger partial charge in [0.25, 0.3) is 0 Å². The van der Waals surface area contributed by atoms with Crippen molar-refractivity contribution in [1.82, 2.24) is 9.88 Å². The quantitative estimate of drug-likeness (QED) is 0.565. The Morgan fingerprint density at radius 1 is 1.29 bits per heavy atom. The Kier molecular flexibility index (Phi) is 2.63. The maximum Gasteiger partial charge on any atom is 0.309 e. The van der Waals surface area contributed by atoms with Crippen LogP contribution in [0.4, 0.5) is 0 Å². The standard InChI is InChI=1S/C10H17N4/c1-10-3-4-14(9-11-10)13-7-5-12(2)6-8-13/h3-4,9H,5-8H2,1-2H3/q+1. The number of aryl methyl sites for hydroxylation is 1. The van der Waals surface area contributed by atoms with E-state index in [4.69, 9.17) is 0 Å². The molecule has 0 bridgehead atoms. The maximum atomic E-state index is 4.28. The van der Waals surface area contributed by atoms with E-state index in [-0.39, 0.29) is 0 Å². The molecule has 0 aromatic carbocycles. The molecule has 2 rings (SSSR count). The summed E-state index contributed by atoms with van der Waals surface area (Å²) in [7, 11) is 2.16. The van der Waals surface area contributed by atoms with Crippen molar-refractivity contribution >= 4 is 0 Å². The Morgan fingerprint density at radius 3 is 2.57 bits per heavy atom. The van der Waals surface area contributed by atoms with E-state index in [0.29, 0.717) is 0 Å². The highest BCUT2D eigenvalue weighted by atomic mass is 15.6. The number of aromatic nitrogens is 2. The van der Waals surface area contributed by atoms with E-state index in [0.717, 1.165) is 31.9 Å². The average molecular weight is 193 g/mol. The van der Waals surface area contributed by atoms with Gasteiger partial charge in [0.15, 0.2) is 5.69 Å². The van der Waals surface area contributed by atoms with Crippen molar-refractivity contribution in [1.29, 1.82) is 0 Å². The minimum absolute atomic E-state index is 1.07. The van der Waals surface area contributed by atoms with Gasteiger partial charge >= 0.3 is 6.33 Å².